The molecule has 4 heteroatoms. The molecular formula is C16H21Cl2NO. The second-order valence-corrected chi connectivity index (χ2v) is 5.12. The van der Waals surface area contributed by atoms with Crippen LogP contribution >= 0.6 is 24.0 Å². The molecule has 110 valence electrons. The summed E-state index contributed by atoms with van der Waals surface area (Å²) >= 11 is 6.13. The van der Waals surface area contributed by atoms with Crippen molar-refractivity contribution in [3.63, 3.8) is 0 Å². The molecule has 0 saturated heterocycles. The molecule has 2 nitrogen and oxygen atoms in total. The molecule has 0 saturated carbocycles. The highest BCUT2D eigenvalue weighted by molar-refractivity contribution is 6.31. The van der Waals surface area contributed by atoms with Crippen LogP contribution in [0.15, 0.2) is 34.7 Å². The second kappa shape index (κ2) is 8.35. The van der Waals surface area contributed by atoms with Gasteiger partial charge in [0.2, 0.25) is 0 Å². The Labute approximate surface area is 131 Å². The molecule has 0 fully saturated rings. The third kappa shape index (κ3) is 4.27. The predicted molar refractivity (Wildman–Crippen MR) is 87.8 cm³/mol. The monoisotopic (exact) mass is 313 g/mol. The zero-order valence-corrected chi connectivity index (χ0v) is 13.5. The maximum atomic E-state index is 6.13. The number of halogens is 2. The Morgan fingerprint density at radius 3 is 2.75 bits per heavy atom. The van der Waals surface area contributed by atoms with Crippen molar-refractivity contribution in [2.45, 2.75) is 33.2 Å². The number of hydrogen-bond acceptors (Lipinski definition) is 2. The van der Waals surface area contributed by atoms with E-state index in [0.29, 0.717) is 0 Å². The van der Waals surface area contributed by atoms with Gasteiger partial charge in [-0.3, -0.25) is 0 Å². The molecule has 0 amide bonds. The molecule has 1 N–H and O–H groups in total. The maximum absolute atomic E-state index is 6.13. The largest absolute Gasteiger partial charge is 0.460 e. The average Bonchev–Trinajstić information content (AvgIpc) is 2.87. The summed E-state index contributed by atoms with van der Waals surface area (Å²) in [4.78, 5) is 0. The first-order chi connectivity index (χ1) is 9.22. The van der Waals surface area contributed by atoms with Gasteiger partial charge in [-0.05, 0) is 43.7 Å². The van der Waals surface area contributed by atoms with Crippen molar-refractivity contribution in [3.05, 3.63) is 46.7 Å². The van der Waals surface area contributed by atoms with E-state index < -0.39 is 0 Å². The van der Waals surface area contributed by atoms with E-state index in [9.17, 15) is 0 Å². The molecule has 20 heavy (non-hydrogen) atoms. The fraction of sp³-hybridized carbons (Fsp3) is 0.375. The number of unbranched alkanes of at least 4 members (excludes halogenated alkanes) is 1. The van der Waals surface area contributed by atoms with E-state index in [4.69, 9.17) is 16.0 Å². The highest BCUT2D eigenvalue weighted by Gasteiger charge is 2.09. The Morgan fingerprint density at radius 1 is 1.20 bits per heavy atom. The van der Waals surface area contributed by atoms with Crippen LogP contribution in [0.3, 0.4) is 0 Å². The highest BCUT2D eigenvalue weighted by atomic mass is 35.5. The summed E-state index contributed by atoms with van der Waals surface area (Å²) in [5.41, 5.74) is 2.12. The topological polar surface area (TPSA) is 25.2 Å². The number of hydrogen-bond donors (Lipinski definition) is 1. The van der Waals surface area contributed by atoms with E-state index in [1.54, 1.807) is 0 Å². The molecule has 0 aliphatic rings. The Balaban J connectivity index is 0.00000200. The van der Waals surface area contributed by atoms with E-state index >= 15 is 0 Å². The minimum absolute atomic E-state index is 0. The van der Waals surface area contributed by atoms with Gasteiger partial charge >= 0.3 is 0 Å². The van der Waals surface area contributed by atoms with Crippen molar-refractivity contribution in [3.8, 4) is 11.3 Å². The second-order valence-electron chi connectivity index (χ2n) is 4.71. The molecule has 2 aromatic rings. The first-order valence-electron chi connectivity index (χ1n) is 6.77. The van der Waals surface area contributed by atoms with Gasteiger partial charge in [0.1, 0.15) is 11.5 Å². The Bertz CT molecular complexity index is 537. The zero-order chi connectivity index (χ0) is 13.7. The summed E-state index contributed by atoms with van der Waals surface area (Å²) in [6, 6.07) is 9.92. The maximum Gasteiger partial charge on any atom is 0.134 e. The SMILES string of the molecule is CCCCNCc1ccc(-c2cccc(Cl)c2C)o1.Cl. The van der Waals surface area contributed by atoms with E-state index in [-0.39, 0.29) is 12.4 Å². The Hall–Kier alpha value is -0.960. The minimum Gasteiger partial charge on any atom is -0.460 e. The molecular weight excluding hydrogens is 293 g/mol. The van der Waals surface area contributed by atoms with E-state index in [1.165, 1.54) is 12.8 Å². The third-order valence-corrected chi connectivity index (χ3v) is 3.61. The fourth-order valence-corrected chi connectivity index (χ4v) is 2.18. The van der Waals surface area contributed by atoms with Gasteiger partial charge in [-0.1, -0.05) is 37.1 Å². The minimum atomic E-state index is 0. The lowest BCUT2D eigenvalue weighted by Gasteiger charge is -2.04. The van der Waals surface area contributed by atoms with Crippen LogP contribution in [0.4, 0.5) is 0 Å². The fourth-order valence-electron chi connectivity index (χ4n) is 2.01. The van der Waals surface area contributed by atoms with Crippen LogP contribution in [0.5, 0.6) is 0 Å². The van der Waals surface area contributed by atoms with Crippen molar-refractivity contribution in [1.82, 2.24) is 5.32 Å². The lowest BCUT2D eigenvalue weighted by molar-refractivity contribution is 0.490. The quantitative estimate of drug-likeness (QED) is 0.740. The molecule has 1 aromatic carbocycles. The van der Waals surface area contributed by atoms with Gasteiger partial charge in [-0.2, -0.15) is 0 Å². The number of benzene rings is 1. The summed E-state index contributed by atoms with van der Waals surface area (Å²) in [6.07, 6.45) is 2.40. The number of furan rings is 1. The van der Waals surface area contributed by atoms with Crippen molar-refractivity contribution < 1.29 is 4.42 Å². The van der Waals surface area contributed by atoms with Gasteiger partial charge in [0.15, 0.2) is 0 Å². The lowest BCUT2D eigenvalue weighted by Crippen LogP contribution is -2.13. The van der Waals surface area contributed by atoms with Crippen molar-refractivity contribution in [1.29, 1.82) is 0 Å². The van der Waals surface area contributed by atoms with E-state index in [1.807, 2.05) is 37.3 Å². The standard InChI is InChI=1S/C16H20ClNO.ClH/c1-3-4-10-18-11-13-8-9-16(19-13)14-6-5-7-15(17)12(14)2;/h5-9,18H,3-4,10-11H2,1-2H3;1H. The summed E-state index contributed by atoms with van der Waals surface area (Å²) in [5, 5.41) is 4.15. The van der Waals surface area contributed by atoms with Gasteiger partial charge in [0.25, 0.3) is 0 Å². The summed E-state index contributed by atoms with van der Waals surface area (Å²) < 4.78 is 5.86. The van der Waals surface area contributed by atoms with Gasteiger partial charge < -0.3 is 9.73 Å². The van der Waals surface area contributed by atoms with Crippen LogP contribution in [-0.2, 0) is 6.54 Å². The van der Waals surface area contributed by atoms with E-state index in [0.717, 1.165) is 40.8 Å². The molecule has 0 spiro atoms. The molecule has 0 unspecified atom stereocenters. The molecule has 0 bridgehead atoms. The van der Waals surface area contributed by atoms with Crippen molar-refractivity contribution >= 4 is 24.0 Å². The molecule has 1 aromatic heterocycles. The van der Waals surface area contributed by atoms with Crippen LogP contribution in [0.25, 0.3) is 11.3 Å². The molecule has 0 radical (unpaired) electrons. The number of nitrogens with one attached hydrogen (secondary N) is 1. The third-order valence-electron chi connectivity index (χ3n) is 3.20. The highest BCUT2D eigenvalue weighted by Crippen LogP contribution is 2.29. The summed E-state index contributed by atoms with van der Waals surface area (Å²) in [5.74, 6) is 1.85. The normalized spacial score (nSPS) is 10.3. The first kappa shape index (κ1) is 17.1. The van der Waals surface area contributed by atoms with Crippen molar-refractivity contribution in [2.24, 2.45) is 0 Å². The average molecular weight is 314 g/mol. The van der Waals surface area contributed by atoms with Crippen LogP contribution in [0.2, 0.25) is 5.02 Å². The molecule has 1 heterocycles. The lowest BCUT2D eigenvalue weighted by atomic mass is 10.1. The summed E-state index contributed by atoms with van der Waals surface area (Å²) in [7, 11) is 0. The van der Waals surface area contributed by atoms with Crippen molar-refractivity contribution in [2.75, 3.05) is 6.54 Å². The molecule has 0 aliphatic carbocycles. The van der Waals surface area contributed by atoms with Gasteiger partial charge in [-0.15, -0.1) is 12.4 Å². The van der Waals surface area contributed by atoms with Crippen LogP contribution in [0.1, 0.15) is 31.1 Å². The van der Waals surface area contributed by atoms with Crippen LogP contribution < -0.4 is 5.32 Å². The molecule has 0 atom stereocenters. The van der Waals surface area contributed by atoms with Gasteiger partial charge in [0, 0.05) is 10.6 Å². The Morgan fingerprint density at radius 2 is 2.00 bits per heavy atom. The van der Waals surface area contributed by atoms with Crippen LogP contribution in [0, 0.1) is 6.92 Å². The molecule has 0 aliphatic heterocycles. The zero-order valence-electron chi connectivity index (χ0n) is 11.9. The van der Waals surface area contributed by atoms with E-state index in [2.05, 4.69) is 12.2 Å². The molecule has 2 rings (SSSR count). The first-order valence-corrected chi connectivity index (χ1v) is 7.15. The smallest absolute Gasteiger partial charge is 0.134 e. The van der Waals surface area contributed by atoms with Crippen LogP contribution in [-0.4, -0.2) is 6.54 Å². The predicted octanol–water partition coefficient (Wildman–Crippen LogP) is 5.22. The van der Waals surface area contributed by atoms with Gasteiger partial charge in [0.05, 0.1) is 6.54 Å². The Kier molecular flexibility index (Phi) is 7.14. The number of rotatable bonds is 6. The summed E-state index contributed by atoms with van der Waals surface area (Å²) in [6.45, 7) is 6.01. The van der Waals surface area contributed by atoms with Gasteiger partial charge in [-0.25, -0.2) is 0 Å².